The van der Waals surface area contributed by atoms with Gasteiger partial charge in [0.2, 0.25) is 5.91 Å². The van der Waals surface area contributed by atoms with Crippen molar-refractivity contribution in [1.29, 1.82) is 0 Å². The Labute approximate surface area is 178 Å². The minimum absolute atomic E-state index is 0.0266. The molecule has 0 bridgehead atoms. The molecule has 0 aromatic heterocycles. The number of rotatable bonds is 8. The lowest BCUT2D eigenvalue weighted by molar-refractivity contribution is -0.141. The fourth-order valence-electron chi connectivity index (χ4n) is 3.56. The molecule has 0 unspecified atom stereocenters. The van der Waals surface area contributed by atoms with Gasteiger partial charge in [0.1, 0.15) is 18.1 Å². The van der Waals surface area contributed by atoms with Crippen molar-refractivity contribution in [3.8, 4) is 11.5 Å². The molecule has 3 rings (SSSR count). The molecular formula is C24H30N2O4. The van der Waals surface area contributed by atoms with E-state index in [1.807, 2.05) is 68.6 Å². The maximum Gasteiger partial charge on any atom is 0.260 e. The smallest absolute Gasteiger partial charge is 0.260 e. The van der Waals surface area contributed by atoms with Crippen LogP contribution < -0.4 is 9.47 Å². The van der Waals surface area contributed by atoms with Gasteiger partial charge in [-0.1, -0.05) is 36.4 Å². The van der Waals surface area contributed by atoms with Crippen LogP contribution >= 0.6 is 0 Å². The number of hydrogen-bond acceptors (Lipinski definition) is 4. The number of para-hydroxylation sites is 2. The van der Waals surface area contributed by atoms with Gasteiger partial charge in [0.15, 0.2) is 6.61 Å². The van der Waals surface area contributed by atoms with Gasteiger partial charge in [-0.15, -0.1) is 0 Å². The van der Waals surface area contributed by atoms with Crippen molar-refractivity contribution in [1.82, 2.24) is 9.80 Å². The molecule has 160 valence electrons. The summed E-state index contributed by atoms with van der Waals surface area (Å²) in [5.41, 5.74) is 1.08. The van der Waals surface area contributed by atoms with Crippen molar-refractivity contribution in [2.45, 2.75) is 19.8 Å². The number of aryl methyl sites for hydroxylation is 1. The summed E-state index contributed by atoms with van der Waals surface area (Å²) in [4.78, 5) is 28.6. The zero-order chi connectivity index (χ0) is 21.3. The Balaban J connectivity index is 1.37. The molecule has 1 aliphatic rings. The zero-order valence-corrected chi connectivity index (χ0v) is 17.8. The number of carbonyl (C=O) groups is 2. The molecule has 1 aliphatic heterocycles. The van der Waals surface area contributed by atoms with Gasteiger partial charge in [0.05, 0.1) is 6.54 Å². The van der Waals surface area contributed by atoms with Gasteiger partial charge in [0, 0.05) is 26.1 Å². The standard InChI is InChI=1S/C24H30N2O4/c1-19-8-6-7-11-22(19)29-17-16-25(2)24(28)20-12-14-26(15-13-20)23(27)18-30-21-9-4-3-5-10-21/h3-11,20H,12-18H2,1-2H3. The Bertz CT molecular complexity index is 832. The molecular weight excluding hydrogens is 380 g/mol. The summed E-state index contributed by atoms with van der Waals surface area (Å²) in [6.45, 7) is 4.20. The largest absolute Gasteiger partial charge is 0.491 e. The zero-order valence-electron chi connectivity index (χ0n) is 17.8. The lowest BCUT2D eigenvalue weighted by Gasteiger charge is -2.33. The molecule has 0 N–H and O–H groups in total. The second-order valence-electron chi connectivity index (χ2n) is 7.63. The van der Waals surface area contributed by atoms with Gasteiger partial charge in [0.25, 0.3) is 5.91 Å². The van der Waals surface area contributed by atoms with E-state index < -0.39 is 0 Å². The molecule has 0 atom stereocenters. The monoisotopic (exact) mass is 410 g/mol. The van der Waals surface area contributed by atoms with Gasteiger partial charge in [-0.3, -0.25) is 9.59 Å². The summed E-state index contributed by atoms with van der Waals surface area (Å²) in [6, 6.07) is 17.2. The van der Waals surface area contributed by atoms with E-state index in [0.717, 1.165) is 11.3 Å². The number of likely N-dealkylation sites (tertiary alicyclic amines) is 1. The first-order valence-electron chi connectivity index (χ1n) is 10.4. The summed E-state index contributed by atoms with van der Waals surface area (Å²) in [7, 11) is 1.81. The van der Waals surface area contributed by atoms with Gasteiger partial charge >= 0.3 is 0 Å². The summed E-state index contributed by atoms with van der Waals surface area (Å²) >= 11 is 0. The van der Waals surface area contributed by atoms with E-state index in [4.69, 9.17) is 9.47 Å². The second kappa shape index (κ2) is 10.7. The van der Waals surface area contributed by atoms with Crippen molar-refractivity contribution < 1.29 is 19.1 Å². The first-order valence-corrected chi connectivity index (χ1v) is 10.4. The summed E-state index contributed by atoms with van der Waals surface area (Å²) in [6.07, 6.45) is 1.36. The number of hydrogen-bond donors (Lipinski definition) is 0. The van der Waals surface area contributed by atoms with Crippen LogP contribution in [-0.4, -0.2) is 61.5 Å². The lowest BCUT2D eigenvalue weighted by atomic mass is 9.95. The molecule has 6 nitrogen and oxygen atoms in total. The average Bonchev–Trinajstić information content (AvgIpc) is 2.79. The highest BCUT2D eigenvalue weighted by molar-refractivity contribution is 5.80. The fourth-order valence-corrected chi connectivity index (χ4v) is 3.56. The van der Waals surface area contributed by atoms with E-state index in [9.17, 15) is 9.59 Å². The second-order valence-corrected chi connectivity index (χ2v) is 7.63. The van der Waals surface area contributed by atoms with Crippen LogP contribution in [0.15, 0.2) is 54.6 Å². The summed E-state index contributed by atoms with van der Waals surface area (Å²) < 4.78 is 11.3. The lowest BCUT2D eigenvalue weighted by Crippen LogP contribution is -2.45. The number of piperidine rings is 1. The van der Waals surface area contributed by atoms with E-state index in [1.165, 1.54) is 0 Å². The van der Waals surface area contributed by atoms with Crippen molar-refractivity contribution in [3.63, 3.8) is 0 Å². The quantitative estimate of drug-likeness (QED) is 0.671. The highest BCUT2D eigenvalue weighted by atomic mass is 16.5. The Hall–Kier alpha value is -3.02. The third kappa shape index (κ3) is 5.99. The summed E-state index contributed by atoms with van der Waals surface area (Å²) in [5, 5.41) is 0. The van der Waals surface area contributed by atoms with Crippen molar-refractivity contribution in [3.05, 3.63) is 60.2 Å². The van der Waals surface area contributed by atoms with Gasteiger partial charge < -0.3 is 19.3 Å². The molecule has 1 heterocycles. The van der Waals surface area contributed by atoms with Gasteiger partial charge in [-0.2, -0.15) is 0 Å². The molecule has 2 aromatic carbocycles. The fraction of sp³-hybridized carbons (Fsp3) is 0.417. The third-order valence-corrected chi connectivity index (χ3v) is 5.46. The maximum atomic E-state index is 12.7. The molecule has 0 saturated carbocycles. The van der Waals surface area contributed by atoms with E-state index >= 15 is 0 Å². The van der Waals surface area contributed by atoms with E-state index in [1.54, 1.807) is 9.80 Å². The van der Waals surface area contributed by atoms with Crippen molar-refractivity contribution in [2.75, 3.05) is 39.9 Å². The summed E-state index contributed by atoms with van der Waals surface area (Å²) in [5.74, 6) is 1.57. The van der Waals surface area contributed by atoms with Gasteiger partial charge in [-0.25, -0.2) is 0 Å². The Morgan fingerprint density at radius 2 is 1.67 bits per heavy atom. The highest BCUT2D eigenvalue weighted by Gasteiger charge is 2.29. The van der Waals surface area contributed by atoms with E-state index in [2.05, 4.69) is 0 Å². The molecule has 6 heteroatoms. The SMILES string of the molecule is Cc1ccccc1OCCN(C)C(=O)C1CCN(C(=O)COc2ccccc2)CC1. The molecule has 2 amide bonds. The number of carbonyl (C=O) groups excluding carboxylic acids is 2. The predicted molar refractivity (Wildman–Crippen MR) is 116 cm³/mol. The van der Waals surface area contributed by atoms with Crippen LogP contribution in [0.25, 0.3) is 0 Å². The molecule has 30 heavy (non-hydrogen) atoms. The number of benzene rings is 2. The highest BCUT2D eigenvalue weighted by Crippen LogP contribution is 2.20. The number of amides is 2. The Morgan fingerprint density at radius 1 is 1.00 bits per heavy atom. The minimum atomic E-state index is -0.0486. The van der Waals surface area contributed by atoms with Crippen molar-refractivity contribution >= 4 is 11.8 Å². The van der Waals surface area contributed by atoms with Crippen LogP contribution in [0.2, 0.25) is 0 Å². The van der Waals surface area contributed by atoms with Crippen LogP contribution in [0.4, 0.5) is 0 Å². The maximum absolute atomic E-state index is 12.7. The Morgan fingerprint density at radius 3 is 2.37 bits per heavy atom. The van der Waals surface area contributed by atoms with Crippen LogP contribution in [0.5, 0.6) is 11.5 Å². The molecule has 0 spiro atoms. The van der Waals surface area contributed by atoms with Crippen LogP contribution in [-0.2, 0) is 9.59 Å². The van der Waals surface area contributed by atoms with Gasteiger partial charge in [-0.05, 0) is 43.5 Å². The number of ether oxygens (including phenoxy) is 2. The topological polar surface area (TPSA) is 59.1 Å². The molecule has 0 aliphatic carbocycles. The van der Waals surface area contributed by atoms with Crippen LogP contribution in [0, 0.1) is 12.8 Å². The number of nitrogens with zero attached hydrogens (tertiary/aromatic N) is 2. The Kier molecular flexibility index (Phi) is 7.71. The predicted octanol–water partition coefficient (Wildman–Crippen LogP) is 3.15. The third-order valence-electron chi connectivity index (χ3n) is 5.46. The van der Waals surface area contributed by atoms with E-state index in [0.29, 0.717) is 44.8 Å². The van der Waals surface area contributed by atoms with Crippen LogP contribution in [0.1, 0.15) is 18.4 Å². The number of likely N-dealkylation sites (N-methyl/N-ethyl adjacent to an activating group) is 1. The van der Waals surface area contributed by atoms with Crippen LogP contribution in [0.3, 0.4) is 0 Å². The first kappa shape index (κ1) is 21.7. The average molecular weight is 411 g/mol. The van der Waals surface area contributed by atoms with E-state index in [-0.39, 0.29) is 24.3 Å². The first-order chi connectivity index (χ1) is 14.5. The molecule has 0 radical (unpaired) electrons. The molecule has 2 aromatic rings. The van der Waals surface area contributed by atoms with Crippen molar-refractivity contribution in [2.24, 2.45) is 5.92 Å². The molecule has 1 saturated heterocycles. The molecule has 1 fully saturated rings. The minimum Gasteiger partial charge on any atom is -0.491 e. The normalized spacial score (nSPS) is 14.3.